The first-order chi connectivity index (χ1) is 9.32. The average Bonchev–Trinajstić information content (AvgIpc) is 2.58. The second-order valence-corrected chi connectivity index (χ2v) is 8.19. The van der Waals surface area contributed by atoms with E-state index in [0.29, 0.717) is 24.0 Å². The highest BCUT2D eigenvalue weighted by Crippen LogP contribution is 2.31. The van der Waals surface area contributed by atoms with Gasteiger partial charge in [0.2, 0.25) is 15.9 Å². The fraction of sp³-hybridized carbons (Fsp3) is 0.417. The van der Waals surface area contributed by atoms with Crippen molar-refractivity contribution in [3.8, 4) is 0 Å². The second kappa shape index (κ2) is 6.13. The fourth-order valence-corrected chi connectivity index (χ4v) is 5.02. The minimum absolute atomic E-state index is 0.139. The van der Waals surface area contributed by atoms with Crippen LogP contribution in [0.5, 0.6) is 0 Å². The molecule has 0 saturated carbocycles. The molecule has 0 bridgehead atoms. The molecule has 1 aliphatic heterocycles. The predicted molar refractivity (Wildman–Crippen MR) is 83.0 cm³/mol. The standard InChI is InChI=1S/C12H14Br2N2O3S/c1-8-5-10(14)11(6-9(8)13)20(18,19)16-4-2-3-15-12(17)7-16/h5-6H,2-4,7H2,1H3,(H,15,17). The SMILES string of the molecule is Cc1cc(Br)c(S(=O)(=O)N2CCCNC(=O)C2)cc1Br. The number of carbonyl (C=O) groups is 1. The lowest BCUT2D eigenvalue weighted by atomic mass is 10.2. The molecule has 0 spiro atoms. The number of amides is 1. The first kappa shape index (κ1) is 15.9. The molecule has 1 aromatic rings. The van der Waals surface area contributed by atoms with Gasteiger partial charge in [0.05, 0.1) is 11.4 Å². The Morgan fingerprint density at radius 2 is 1.95 bits per heavy atom. The zero-order chi connectivity index (χ0) is 14.9. The summed E-state index contributed by atoms with van der Waals surface area (Å²) < 4.78 is 27.8. The minimum atomic E-state index is -3.69. The van der Waals surface area contributed by atoms with Gasteiger partial charge in [0.25, 0.3) is 0 Å². The summed E-state index contributed by atoms with van der Waals surface area (Å²) in [5.41, 5.74) is 0.935. The number of nitrogens with one attached hydrogen (secondary N) is 1. The zero-order valence-electron chi connectivity index (χ0n) is 10.8. The number of benzene rings is 1. The quantitative estimate of drug-likeness (QED) is 0.788. The number of nitrogens with zero attached hydrogens (tertiary/aromatic N) is 1. The summed E-state index contributed by atoms with van der Waals surface area (Å²) in [7, 11) is -3.69. The van der Waals surface area contributed by atoms with E-state index in [0.717, 1.165) is 10.0 Å². The average molecular weight is 426 g/mol. The maximum Gasteiger partial charge on any atom is 0.244 e. The van der Waals surface area contributed by atoms with Gasteiger partial charge in [-0.3, -0.25) is 4.79 Å². The van der Waals surface area contributed by atoms with Crippen molar-refractivity contribution in [2.24, 2.45) is 0 Å². The number of sulfonamides is 1. The van der Waals surface area contributed by atoms with Crippen LogP contribution < -0.4 is 5.32 Å². The Kier molecular flexibility index (Phi) is 4.88. The normalized spacial score (nSPS) is 17.6. The van der Waals surface area contributed by atoms with Crippen molar-refractivity contribution < 1.29 is 13.2 Å². The van der Waals surface area contributed by atoms with E-state index < -0.39 is 10.0 Å². The second-order valence-electron chi connectivity index (χ2n) is 4.57. The van der Waals surface area contributed by atoms with Crippen molar-refractivity contribution in [1.82, 2.24) is 9.62 Å². The number of halogens is 2. The van der Waals surface area contributed by atoms with Gasteiger partial charge >= 0.3 is 0 Å². The summed E-state index contributed by atoms with van der Waals surface area (Å²) in [6, 6.07) is 3.31. The molecular weight excluding hydrogens is 412 g/mol. The third-order valence-electron chi connectivity index (χ3n) is 3.06. The Morgan fingerprint density at radius 1 is 1.25 bits per heavy atom. The lowest BCUT2D eigenvalue weighted by Crippen LogP contribution is -2.37. The molecular formula is C12H14Br2N2O3S. The van der Waals surface area contributed by atoms with Crippen LogP contribution in [0.15, 0.2) is 26.0 Å². The van der Waals surface area contributed by atoms with E-state index in [2.05, 4.69) is 37.2 Å². The van der Waals surface area contributed by atoms with Gasteiger partial charge in [-0.15, -0.1) is 0 Å². The number of carbonyl (C=O) groups excluding carboxylic acids is 1. The molecule has 0 aliphatic carbocycles. The molecule has 110 valence electrons. The maximum absolute atomic E-state index is 12.7. The third-order valence-corrected chi connectivity index (χ3v) is 6.72. The molecule has 8 heteroatoms. The summed E-state index contributed by atoms with van der Waals surface area (Å²) in [5.74, 6) is -0.270. The van der Waals surface area contributed by atoms with Crippen LogP contribution >= 0.6 is 31.9 Å². The van der Waals surface area contributed by atoms with Gasteiger partial charge in [0, 0.05) is 22.0 Å². The van der Waals surface area contributed by atoms with E-state index in [-0.39, 0.29) is 17.3 Å². The van der Waals surface area contributed by atoms with Gasteiger partial charge in [-0.05, 0) is 47.0 Å². The van der Waals surface area contributed by atoms with Crippen molar-refractivity contribution in [1.29, 1.82) is 0 Å². The van der Waals surface area contributed by atoms with Gasteiger partial charge < -0.3 is 5.32 Å². The summed E-state index contributed by atoms with van der Waals surface area (Å²) in [4.78, 5) is 11.7. The smallest absolute Gasteiger partial charge is 0.244 e. The monoisotopic (exact) mass is 424 g/mol. The highest BCUT2D eigenvalue weighted by Gasteiger charge is 2.30. The van der Waals surface area contributed by atoms with Crippen LogP contribution in [0.3, 0.4) is 0 Å². The van der Waals surface area contributed by atoms with Gasteiger partial charge in [-0.2, -0.15) is 4.31 Å². The van der Waals surface area contributed by atoms with E-state index >= 15 is 0 Å². The van der Waals surface area contributed by atoms with Crippen molar-refractivity contribution in [3.63, 3.8) is 0 Å². The first-order valence-corrected chi connectivity index (χ1v) is 9.07. The highest BCUT2D eigenvalue weighted by atomic mass is 79.9. The molecule has 20 heavy (non-hydrogen) atoms. The molecule has 1 fully saturated rings. The summed E-state index contributed by atoms with van der Waals surface area (Å²) in [5, 5.41) is 2.67. The van der Waals surface area contributed by atoms with Crippen LogP contribution in [0.1, 0.15) is 12.0 Å². The summed E-state index contributed by atoms with van der Waals surface area (Å²) in [6.07, 6.45) is 0.607. The molecule has 2 rings (SSSR count). The van der Waals surface area contributed by atoms with E-state index in [9.17, 15) is 13.2 Å². The van der Waals surface area contributed by atoms with Crippen LogP contribution in [0.25, 0.3) is 0 Å². The Morgan fingerprint density at radius 3 is 2.65 bits per heavy atom. The molecule has 0 atom stereocenters. The van der Waals surface area contributed by atoms with E-state index in [1.165, 1.54) is 4.31 Å². The zero-order valence-corrected chi connectivity index (χ0v) is 14.8. The van der Waals surface area contributed by atoms with E-state index in [1.54, 1.807) is 12.1 Å². The van der Waals surface area contributed by atoms with Gasteiger partial charge in [-0.25, -0.2) is 8.42 Å². The Balaban J connectivity index is 2.44. The lowest BCUT2D eigenvalue weighted by molar-refractivity contribution is -0.120. The van der Waals surface area contributed by atoms with Crippen molar-refractivity contribution >= 4 is 47.8 Å². The summed E-state index contributed by atoms with van der Waals surface area (Å²) >= 11 is 6.63. The molecule has 1 aliphatic rings. The number of rotatable bonds is 2. The number of hydrogen-bond acceptors (Lipinski definition) is 3. The van der Waals surface area contributed by atoms with Crippen LogP contribution in [0.2, 0.25) is 0 Å². The summed E-state index contributed by atoms with van der Waals surface area (Å²) in [6.45, 7) is 2.58. The molecule has 0 unspecified atom stereocenters. The fourth-order valence-electron chi connectivity index (χ4n) is 1.95. The minimum Gasteiger partial charge on any atom is -0.355 e. The van der Waals surface area contributed by atoms with Crippen LogP contribution in [-0.4, -0.2) is 38.3 Å². The van der Waals surface area contributed by atoms with Gasteiger partial charge in [0.1, 0.15) is 0 Å². The van der Waals surface area contributed by atoms with E-state index in [4.69, 9.17) is 0 Å². The maximum atomic E-state index is 12.7. The van der Waals surface area contributed by atoms with Crippen molar-refractivity contribution in [3.05, 3.63) is 26.6 Å². The van der Waals surface area contributed by atoms with Crippen LogP contribution in [0.4, 0.5) is 0 Å². The molecule has 0 radical (unpaired) electrons. The molecule has 1 saturated heterocycles. The topological polar surface area (TPSA) is 66.5 Å². The van der Waals surface area contributed by atoms with Crippen molar-refractivity contribution in [2.75, 3.05) is 19.6 Å². The highest BCUT2D eigenvalue weighted by molar-refractivity contribution is 9.11. The molecule has 0 aromatic heterocycles. The number of hydrogen-bond donors (Lipinski definition) is 1. The number of aryl methyl sites for hydroxylation is 1. The van der Waals surface area contributed by atoms with Crippen molar-refractivity contribution in [2.45, 2.75) is 18.2 Å². The molecule has 1 N–H and O–H groups in total. The largest absolute Gasteiger partial charge is 0.355 e. The molecule has 1 amide bonds. The van der Waals surface area contributed by atoms with E-state index in [1.807, 2.05) is 6.92 Å². The molecule has 1 aromatic carbocycles. The van der Waals surface area contributed by atoms with Crippen LogP contribution in [0, 0.1) is 6.92 Å². The predicted octanol–water partition coefficient (Wildman–Crippen LogP) is 2.03. The molecule has 1 heterocycles. The molecule has 5 nitrogen and oxygen atoms in total. The Bertz CT molecular complexity index is 646. The lowest BCUT2D eigenvalue weighted by Gasteiger charge is -2.20. The Labute approximate surface area is 135 Å². The van der Waals surface area contributed by atoms with Gasteiger partial charge in [-0.1, -0.05) is 15.9 Å². The van der Waals surface area contributed by atoms with Crippen LogP contribution in [-0.2, 0) is 14.8 Å². The third kappa shape index (κ3) is 3.24. The van der Waals surface area contributed by atoms with Gasteiger partial charge in [0.15, 0.2) is 0 Å². The Hall–Kier alpha value is -0.440. The first-order valence-electron chi connectivity index (χ1n) is 6.05.